The Morgan fingerprint density at radius 1 is 1.40 bits per heavy atom. The highest BCUT2D eigenvalue weighted by Gasteiger charge is 2.00. The summed E-state index contributed by atoms with van der Waals surface area (Å²) in [6, 6.07) is 6.07. The first-order valence-corrected chi connectivity index (χ1v) is 6.03. The second-order valence-electron chi connectivity index (χ2n) is 3.48. The lowest BCUT2D eigenvalue weighted by Gasteiger charge is -2.08. The summed E-state index contributed by atoms with van der Waals surface area (Å²) in [7, 11) is 0. The summed E-state index contributed by atoms with van der Waals surface area (Å²) in [5, 5.41) is 2.22. The van der Waals surface area contributed by atoms with Gasteiger partial charge in [0.15, 0.2) is 0 Å². The number of benzene rings is 1. The molecular weight excluding hydrogens is 256 g/mol. The number of hydrogen-bond donors (Lipinski definition) is 2. The third-order valence-electron chi connectivity index (χ3n) is 2.12. The topological polar surface area (TPSA) is 53.5 Å². The second-order valence-corrected chi connectivity index (χ2v) is 4.39. The zero-order valence-corrected chi connectivity index (χ0v) is 10.7. The SMILES string of the molecule is Cc1cc(Br)ccc1OCC[NH2+]CC[NH3+]. The average Bonchev–Trinajstić information content (AvgIpc) is 2.20. The number of ether oxygens (including phenoxy) is 1. The number of quaternary nitrogens is 2. The molecule has 5 N–H and O–H groups in total. The molecule has 0 radical (unpaired) electrons. The van der Waals surface area contributed by atoms with Crippen LogP contribution in [0, 0.1) is 6.92 Å². The van der Waals surface area contributed by atoms with E-state index < -0.39 is 0 Å². The predicted molar refractivity (Wildman–Crippen MR) is 63.8 cm³/mol. The van der Waals surface area contributed by atoms with Crippen LogP contribution in [0.15, 0.2) is 22.7 Å². The van der Waals surface area contributed by atoms with Gasteiger partial charge in [-0.15, -0.1) is 0 Å². The normalized spacial score (nSPS) is 10.3. The van der Waals surface area contributed by atoms with E-state index in [1.54, 1.807) is 0 Å². The average molecular weight is 275 g/mol. The molecule has 1 aromatic carbocycles. The Hall–Kier alpha value is -0.580. The molecular formula is C11H19BrN2O+2. The molecule has 1 rings (SSSR count). The van der Waals surface area contributed by atoms with Crippen molar-refractivity contribution in [1.29, 1.82) is 0 Å². The van der Waals surface area contributed by atoms with E-state index in [2.05, 4.69) is 40.0 Å². The fourth-order valence-corrected chi connectivity index (χ4v) is 1.79. The van der Waals surface area contributed by atoms with Gasteiger partial charge in [0.25, 0.3) is 0 Å². The fourth-order valence-electron chi connectivity index (χ4n) is 1.32. The summed E-state index contributed by atoms with van der Waals surface area (Å²) in [4.78, 5) is 0. The molecule has 0 aliphatic carbocycles. The molecule has 0 saturated carbocycles. The first-order valence-electron chi connectivity index (χ1n) is 5.24. The molecule has 0 heterocycles. The smallest absolute Gasteiger partial charge is 0.137 e. The Bertz CT molecular complexity index is 305. The van der Waals surface area contributed by atoms with Crippen molar-refractivity contribution in [3.63, 3.8) is 0 Å². The quantitative estimate of drug-likeness (QED) is 0.702. The minimum Gasteiger partial charge on any atom is -0.487 e. The van der Waals surface area contributed by atoms with Crippen molar-refractivity contribution in [2.24, 2.45) is 0 Å². The van der Waals surface area contributed by atoms with E-state index in [0.717, 1.165) is 36.5 Å². The van der Waals surface area contributed by atoms with Crippen molar-refractivity contribution >= 4 is 15.9 Å². The zero-order chi connectivity index (χ0) is 11.1. The van der Waals surface area contributed by atoms with Crippen molar-refractivity contribution in [2.45, 2.75) is 6.92 Å². The lowest BCUT2D eigenvalue weighted by molar-refractivity contribution is -0.670. The van der Waals surface area contributed by atoms with Crippen molar-refractivity contribution in [3.8, 4) is 5.75 Å². The maximum absolute atomic E-state index is 5.67. The van der Waals surface area contributed by atoms with Crippen LogP contribution in [0.25, 0.3) is 0 Å². The molecule has 0 aliphatic heterocycles. The molecule has 0 unspecified atom stereocenters. The maximum Gasteiger partial charge on any atom is 0.137 e. The van der Waals surface area contributed by atoms with Crippen molar-refractivity contribution in [1.82, 2.24) is 0 Å². The van der Waals surface area contributed by atoms with Crippen molar-refractivity contribution in [3.05, 3.63) is 28.2 Å². The Balaban J connectivity index is 2.31. The molecule has 4 heteroatoms. The highest BCUT2D eigenvalue weighted by Crippen LogP contribution is 2.21. The van der Waals surface area contributed by atoms with Gasteiger partial charge < -0.3 is 15.8 Å². The molecule has 0 aliphatic rings. The van der Waals surface area contributed by atoms with E-state index in [4.69, 9.17) is 4.74 Å². The minimum atomic E-state index is 0.752. The zero-order valence-electron chi connectivity index (χ0n) is 9.13. The van der Waals surface area contributed by atoms with Gasteiger partial charge >= 0.3 is 0 Å². The summed E-state index contributed by atoms with van der Waals surface area (Å²) in [6.07, 6.45) is 0. The molecule has 84 valence electrons. The first-order chi connectivity index (χ1) is 7.24. The van der Waals surface area contributed by atoms with E-state index >= 15 is 0 Å². The number of hydrogen-bond acceptors (Lipinski definition) is 1. The summed E-state index contributed by atoms with van der Waals surface area (Å²) in [5.74, 6) is 0.973. The van der Waals surface area contributed by atoms with Gasteiger partial charge in [0, 0.05) is 4.47 Å². The van der Waals surface area contributed by atoms with Crippen LogP contribution in [-0.4, -0.2) is 26.2 Å². The van der Waals surface area contributed by atoms with Gasteiger partial charge in [0.2, 0.25) is 0 Å². The molecule has 0 saturated heterocycles. The van der Waals surface area contributed by atoms with E-state index in [1.165, 1.54) is 5.56 Å². The summed E-state index contributed by atoms with van der Waals surface area (Å²) in [5.41, 5.74) is 4.96. The largest absolute Gasteiger partial charge is 0.487 e. The second kappa shape index (κ2) is 6.82. The van der Waals surface area contributed by atoms with Crippen molar-refractivity contribution in [2.75, 3.05) is 26.2 Å². The summed E-state index contributed by atoms with van der Waals surface area (Å²) in [6.45, 7) is 5.84. The van der Waals surface area contributed by atoms with Gasteiger partial charge in [-0.3, -0.25) is 0 Å². The highest BCUT2D eigenvalue weighted by atomic mass is 79.9. The van der Waals surface area contributed by atoms with E-state index in [-0.39, 0.29) is 0 Å². The van der Waals surface area contributed by atoms with Gasteiger partial charge in [-0.05, 0) is 30.7 Å². The first kappa shape index (κ1) is 12.5. The Morgan fingerprint density at radius 2 is 2.20 bits per heavy atom. The summed E-state index contributed by atoms with van der Waals surface area (Å²) >= 11 is 3.43. The van der Waals surface area contributed by atoms with Gasteiger partial charge in [0.05, 0.1) is 0 Å². The maximum atomic E-state index is 5.67. The Labute approximate surface area is 99.1 Å². The highest BCUT2D eigenvalue weighted by molar-refractivity contribution is 9.10. The van der Waals surface area contributed by atoms with E-state index in [9.17, 15) is 0 Å². The minimum absolute atomic E-state index is 0.752. The van der Waals surface area contributed by atoms with Crippen LogP contribution >= 0.6 is 15.9 Å². The Kier molecular flexibility index (Phi) is 5.68. The third-order valence-corrected chi connectivity index (χ3v) is 2.62. The van der Waals surface area contributed by atoms with Crippen LogP contribution in [0.1, 0.15) is 5.56 Å². The summed E-state index contributed by atoms with van der Waals surface area (Å²) < 4.78 is 6.76. The number of nitrogens with two attached hydrogens (primary N) is 1. The molecule has 1 aromatic rings. The van der Waals surface area contributed by atoms with Gasteiger partial charge in [-0.2, -0.15) is 0 Å². The molecule has 0 aromatic heterocycles. The molecule has 0 atom stereocenters. The fraction of sp³-hybridized carbons (Fsp3) is 0.455. The van der Waals surface area contributed by atoms with Gasteiger partial charge in [-0.1, -0.05) is 15.9 Å². The number of halogens is 1. The van der Waals surface area contributed by atoms with Crippen LogP contribution in [-0.2, 0) is 0 Å². The molecule has 0 spiro atoms. The predicted octanol–water partition coefficient (Wildman–Crippen LogP) is -0.0584. The van der Waals surface area contributed by atoms with E-state index in [0.29, 0.717) is 0 Å². The van der Waals surface area contributed by atoms with Crippen LogP contribution in [0.3, 0.4) is 0 Å². The van der Waals surface area contributed by atoms with Gasteiger partial charge in [0.1, 0.15) is 32.0 Å². The lowest BCUT2D eigenvalue weighted by atomic mass is 10.2. The van der Waals surface area contributed by atoms with Crippen LogP contribution in [0.2, 0.25) is 0 Å². The van der Waals surface area contributed by atoms with Crippen LogP contribution in [0.5, 0.6) is 5.75 Å². The lowest BCUT2D eigenvalue weighted by Crippen LogP contribution is -2.88. The molecule has 0 amide bonds. The third kappa shape index (κ3) is 4.64. The Morgan fingerprint density at radius 3 is 2.87 bits per heavy atom. The monoisotopic (exact) mass is 274 g/mol. The van der Waals surface area contributed by atoms with Crippen molar-refractivity contribution < 1.29 is 15.8 Å². The van der Waals surface area contributed by atoms with E-state index in [1.807, 2.05) is 12.1 Å². The molecule has 0 fully saturated rings. The number of rotatable bonds is 6. The standard InChI is InChI=1S/C11H17BrN2O/c1-9-8-10(12)2-3-11(9)15-7-6-14-5-4-13/h2-3,8,14H,4-7,13H2,1H3/p+2. The van der Waals surface area contributed by atoms with Crippen LogP contribution < -0.4 is 15.8 Å². The number of aryl methyl sites for hydroxylation is 1. The molecule has 0 bridgehead atoms. The molecule has 15 heavy (non-hydrogen) atoms. The molecule has 3 nitrogen and oxygen atoms in total. The van der Waals surface area contributed by atoms with Crippen LogP contribution in [0.4, 0.5) is 0 Å². The van der Waals surface area contributed by atoms with Gasteiger partial charge in [-0.25, -0.2) is 0 Å².